The lowest BCUT2D eigenvalue weighted by molar-refractivity contribution is -0.139. The molecule has 2 heterocycles. The summed E-state index contributed by atoms with van der Waals surface area (Å²) in [4.78, 5) is 30.2. The van der Waals surface area contributed by atoms with Crippen LogP contribution in [-0.2, 0) is 9.53 Å². The van der Waals surface area contributed by atoms with Crippen LogP contribution in [0.5, 0.6) is 0 Å². The van der Waals surface area contributed by atoms with Crippen LogP contribution in [0.1, 0.15) is 29.6 Å². The summed E-state index contributed by atoms with van der Waals surface area (Å²) in [5, 5.41) is 12.1. The van der Waals surface area contributed by atoms with Crippen molar-refractivity contribution in [3.63, 3.8) is 0 Å². The van der Waals surface area contributed by atoms with Crippen LogP contribution in [0.4, 0.5) is 11.5 Å². The number of hydrogen-bond acceptors (Lipinski definition) is 5. The number of amides is 1. The lowest BCUT2D eigenvalue weighted by atomic mass is 9.86. The Kier molecular flexibility index (Phi) is 5.71. The molecule has 0 aliphatic carbocycles. The molecule has 2 N–H and O–H groups in total. The summed E-state index contributed by atoms with van der Waals surface area (Å²) in [6.45, 7) is 0.874. The van der Waals surface area contributed by atoms with Gasteiger partial charge in [-0.1, -0.05) is 18.2 Å². The number of nitrogens with one attached hydrogen (secondary N) is 1. The van der Waals surface area contributed by atoms with E-state index >= 15 is 0 Å². The largest absolute Gasteiger partial charge is 0.481 e. The second kappa shape index (κ2) is 8.18. The molecular weight excluding hydrogens is 346 g/mol. The van der Waals surface area contributed by atoms with Gasteiger partial charge in [-0.25, -0.2) is 4.98 Å². The quantitative estimate of drug-likeness (QED) is 0.813. The van der Waals surface area contributed by atoms with Gasteiger partial charge in [0, 0.05) is 32.1 Å². The number of rotatable bonds is 6. The zero-order chi connectivity index (χ0) is 19.3. The van der Waals surface area contributed by atoms with Gasteiger partial charge in [0.1, 0.15) is 5.82 Å². The van der Waals surface area contributed by atoms with Crippen molar-refractivity contribution in [3.05, 3.63) is 54.2 Å². The number of carboxylic acids is 1. The predicted molar refractivity (Wildman–Crippen MR) is 101 cm³/mol. The van der Waals surface area contributed by atoms with Crippen molar-refractivity contribution in [2.75, 3.05) is 25.2 Å². The number of pyridine rings is 1. The monoisotopic (exact) mass is 369 g/mol. The zero-order valence-corrected chi connectivity index (χ0v) is 15.2. The Morgan fingerprint density at radius 1 is 1.19 bits per heavy atom. The molecule has 1 saturated heterocycles. The van der Waals surface area contributed by atoms with E-state index in [9.17, 15) is 14.7 Å². The number of carbonyl (C=O) groups excluding carboxylic acids is 1. The van der Waals surface area contributed by atoms with E-state index in [0.29, 0.717) is 37.4 Å². The second-order valence-electron chi connectivity index (χ2n) is 6.72. The zero-order valence-electron chi connectivity index (χ0n) is 15.2. The Labute approximate surface area is 158 Å². The van der Waals surface area contributed by atoms with Gasteiger partial charge in [-0.3, -0.25) is 9.59 Å². The summed E-state index contributed by atoms with van der Waals surface area (Å²) < 4.78 is 5.32. The third-order valence-corrected chi connectivity index (χ3v) is 4.82. The number of carboxylic acid groups (broad SMARTS) is 1. The Morgan fingerprint density at radius 2 is 1.89 bits per heavy atom. The van der Waals surface area contributed by atoms with E-state index < -0.39 is 11.5 Å². The van der Waals surface area contributed by atoms with Crippen molar-refractivity contribution in [2.24, 2.45) is 0 Å². The highest BCUT2D eigenvalue weighted by Crippen LogP contribution is 2.26. The van der Waals surface area contributed by atoms with Crippen LogP contribution in [0.15, 0.2) is 48.7 Å². The van der Waals surface area contributed by atoms with Gasteiger partial charge in [-0.05, 0) is 37.1 Å². The standard InChI is InChI=1S/C20H23N3O4/c1-23(16-5-3-2-4-6-16)17-8-7-15(14-21-17)19(26)22-20(13-18(24)25)9-11-27-12-10-20/h2-8,14H,9-13H2,1H3,(H,22,26)(H,24,25). The molecule has 1 aromatic carbocycles. The van der Waals surface area contributed by atoms with Crippen LogP contribution >= 0.6 is 0 Å². The first-order valence-corrected chi connectivity index (χ1v) is 8.86. The average Bonchev–Trinajstić information content (AvgIpc) is 2.68. The molecule has 0 bridgehead atoms. The van der Waals surface area contributed by atoms with Gasteiger partial charge in [-0.2, -0.15) is 0 Å². The maximum absolute atomic E-state index is 12.7. The first kappa shape index (κ1) is 18.8. The lowest BCUT2D eigenvalue weighted by Gasteiger charge is -2.36. The fourth-order valence-corrected chi connectivity index (χ4v) is 3.21. The SMILES string of the molecule is CN(c1ccccc1)c1ccc(C(=O)NC2(CC(=O)O)CCOCC2)cn1. The second-order valence-corrected chi connectivity index (χ2v) is 6.72. The van der Waals surface area contributed by atoms with Crippen LogP contribution < -0.4 is 10.2 Å². The minimum absolute atomic E-state index is 0.121. The maximum Gasteiger partial charge on any atom is 0.305 e. The summed E-state index contributed by atoms with van der Waals surface area (Å²) in [7, 11) is 1.90. The molecule has 0 atom stereocenters. The van der Waals surface area contributed by atoms with Gasteiger partial charge in [0.25, 0.3) is 5.91 Å². The Hall–Kier alpha value is -2.93. The number of nitrogens with zero attached hydrogens (tertiary/aromatic N) is 2. The van der Waals surface area contributed by atoms with E-state index in [1.165, 1.54) is 6.20 Å². The van der Waals surface area contributed by atoms with Crippen LogP contribution in [0.3, 0.4) is 0 Å². The van der Waals surface area contributed by atoms with Crippen molar-refractivity contribution in [3.8, 4) is 0 Å². The van der Waals surface area contributed by atoms with E-state index in [1.807, 2.05) is 42.3 Å². The summed E-state index contributed by atoms with van der Waals surface area (Å²) in [6.07, 6.45) is 2.35. The van der Waals surface area contributed by atoms with E-state index in [0.717, 1.165) is 5.69 Å². The third kappa shape index (κ3) is 4.62. The highest BCUT2D eigenvalue weighted by Gasteiger charge is 2.36. The molecule has 7 heteroatoms. The minimum atomic E-state index is -0.935. The number of aliphatic carboxylic acids is 1. The fraction of sp³-hybridized carbons (Fsp3) is 0.350. The number of para-hydroxylation sites is 1. The van der Waals surface area contributed by atoms with Gasteiger partial charge in [0.15, 0.2) is 0 Å². The van der Waals surface area contributed by atoms with Crippen molar-refractivity contribution in [1.29, 1.82) is 0 Å². The minimum Gasteiger partial charge on any atom is -0.481 e. The number of aromatic nitrogens is 1. The number of ether oxygens (including phenoxy) is 1. The van der Waals surface area contributed by atoms with E-state index in [-0.39, 0.29) is 12.3 Å². The molecule has 0 saturated carbocycles. The lowest BCUT2D eigenvalue weighted by Crippen LogP contribution is -2.53. The van der Waals surface area contributed by atoms with Crippen molar-refractivity contribution < 1.29 is 19.4 Å². The molecule has 7 nitrogen and oxygen atoms in total. The van der Waals surface area contributed by atoms with Crippen LogP contribution in [0.25, 0.3) is 0 Å². The number of benzene rings is 1. The van der Waals surface area contributed by atoms with Crippen molar-refractivity contribution in [1.82, 2.24) is 10.3 Å². The number of hydrogen-bond donors (Lipinski definition) is 2. The maximum atomic E-state index is 12.7. The molecule has 3 rings (SSSR count). The molecule has 1 aromatic heterocycles. The van der Waals surface area contributed by atoms with Gasteiger partial charge in [0.05, 0.1) is 17.5 Å². The van der Waals surface area contributed by atoms with E-state index in [4.69, 9.17) is 4.74 Å². The van der Waals surface area contributed by atoms with Gasteiger partial charge >= 0.3 is 5.97 Å². The summed E-state index contributed by atoms with van der Waals surface area (Å²) in [6, 6.07) is 13.3. The smallest absolute Gasteiger partial charge is 0.305 e. The van der Waals surface area contributed by atoms with Crippen LogP contribution in [0, 0.1) is 0 Å². The van der Waals surface area contributed by atoms with Gasteiger partial charge < -0.3 is 20.1 Å². The average molecular weight is 369 g/mol. The molecule has 27 heavy (non-hydrogen) atoms. The van der Waals surface area contributed by atoms with Gasteiger partial charge in [0.2, 0.25) is 0 Å². The summed E-state index contributed by atoms with van der Waals surface area (Å²) in [5.74, 6) is -0.543. The van der Waals surface area contributed by atoms with E-state index in [2.05, 4.69) is 10.3 Å². The van der Waals surface area contributed by atoms with Crippen LogP contribution in [-0.4, -0.2) is 47.8 Å². The molecule has 1 aliphatic heterocycles. The number of anilines is 2. The molecule has 1 aliphatic rings. The number of carbonyl (C=O) groups is 2. The molecule has 0 spiro atoms. The fourth-order valence-electron chi connectivity index (χ4n) is 3.21. The summed E-state index contributed by atoms with van der Waals surface area (Å²) >= 11 is 0. The van der Waals surface area contributed by atoms with Gasteiger partial charge in [-0.15, -0.1) is 0 Å². The molecule has 1 amide bonds. The predicted octanol–water partition coefficient (Wildman–Crippen LogP) is 2.60. The Bertz CT molecular complexity index is 787. The molecule has 0 radical (unpaired) electrons. The van der Waals surface area contributed by atoms with E-state index in [1.54, 1.807) is 12.1 Å². The Balaban J connectivity index is 1.72. The molecule has 1 fully saturated rings. The topological polar surface area (TPSA) is 91.8 Å². The molecule has 0 unspecified atom stereocenters. The van der Waals surface area contributed by atoms with Crippen molar-refractivity contribution in [2.45, 2.75) is 24.8 Å². The normalized spacial score (nSPS) is 15.7. The highest BCUT2D eigenvalue weighted by atomic mass is 16.5. The molecule has 142 valence electrons. The first-order valence-electron chi connectivity index (χ1n) is 8.86. The molecule has 2 aromatic rings. The molecular formula is C20H23N3O4. The first-order chi connectivity index (χ1) is 13.0. The van der Waals surface area contributed by atoms with Crippen LogP contribution in [0.2, 0.25) is 0 Å². The summed E-state index contributed by atoms with van der Waals surface area (Å²) in [5.41, 5.74) is 0.613. The van der Waals surface area contributed by atoms with Crippen molar-refractivity contribution >= 4 is 23.4 Å². The third-order valence-electron chi connectivity index (χ3n) is 4.82. The Morgan fingerprint density at radius 3 is 2.48 bits per heavy atom. The highest BCUT2D eigenvalue weighted by molar-refractivity contribution is 5.95.